The predicted molar refractivity (Wildman–Crippen MR) is 89.5 cm³/mol. The van der Waals surface area contributed by atoms with Crippen LogP contribution in [0.25, 0.3) is 0 Å². The first-order valence-corrected chi connectivity index (χ1v) is 9.12. The van der Waals surface area contributed by atoms with Gasteiger partial charge in [-0.15, -0.1) is 11.3 Å². The van der Waals surface area contributed by atoms with Crippen LogP contribution < -0.4 is 19.5 Å². The largest absolute Gasteiger partial charge is 0.481 e. The summed E-state index contributed by atoms with van der Waals surface area (Å²) in [5.41, 5.74) is 0. The van der Waals surface area contributed by atoms with E-state index in [9.17, 15) is 13.2 Å². The van der Waals surface area contributed by atoms with Crippen LogP contribution in [0.4, 0.5) is 10.7 Å². The Hall–Kier alpha value is -2.44. The van der Waals surface area contributed by atoms with Crippen molar-refractivity contribution in [3.63, 3.8) is 0 Å². The molecule has 136 valence electrons. The van der Waals surface area contributed by atoms with Gasteiger partial charge >= 0.3 is 6.03 Å². The molecule has 12 heteroatoms. The van der Waals surface area contributed by atoms with E-state index in [4.69, 9.17) is 14.2 Å². The maximum absolute atomic E-state index is 12.3. The first-order chi connectivity index (χ1) is 11.9. The second kappa shape index (κ2) is 8.09. The van der Waals surface area contributed by atoms with E-state index in [1.807, 2.05) is 4.72 Å². The Kier molecular flexibility index (Phi) is 6.12. The Balaban J connectivity index is 2.15. The summed E-state index contributed by atoms with van der Waals surface area (Å²) in [7, 11) is 0.136. The lowest BCUT2D eigenvalue weighted by molar-refractivity contribution is 0.185. The summed E-state index contributed by atoms with van der Waals surface area (Å²) in [5.74, 6) is 0.113. The molecular formula is C13H16N4O6S2. The van der Waals surface area contributed by atoms with Gasteiger partial charge in [-0.25, -0.2) is 17.9 Å². The lowest BCUT2D eigenvalue weighted by Crippen LogP contribution is -2.35. The Morgan fingerprint density at radius 1 is 1.20 bits per heavy atom. The van der Waals surface area contributed by atoms with E-state index in [2.05, 4.69) is 15.3 Å². The van der Waals surface area contributed by atoms with E-state index in [1.165, 1.54) is 44.8 Å². The number of carbonyl (C=O) groups excluding carboxylic acids is 1. The number of amides is 2. The second-order valence-corrected chi connectivity index (χ2v) is 7.13. The fraction of sp³-hybridized carbons (Fsp3) is 0.308. The Morgan fingerprint density at radius 3 is 2.40 bits per heavy atom. The van der Waals surface area contributed by atoms with Gasteiger partial charge in [0.25, 0.3) is 10.0 Å². The van der Waals surface area contributed by atoms with Crippen LogP contribution in [0.5, 0.6) is 11.8 Å². The molecule has 2 rings (SSSR count). The van der Waals surface area contributed by atoms with E-state index in [0.29, 0.717) is 4.88 Å². The Bertz CT molecular complexity index is 830. The normalized spacial score (nSPS) is 11.0. The lowest BCUT2D eigenvalue weighted by Gasteiger charge is -2.09. The molecule has 10 nitrogen and oxygen atoms in total. The van der Waals surface area contributed by atoms with Gasteiger partial charge in [0.2, 0.25) is 17.7 Å². The van der Waals surface area contributed by atoms with E-state index >= 15 is 0 Å². The van der Waals surface area contributed by atoms with Crippen LogP contribution in [0.3, 0.4) is 0 Å². The summed E-state index contributed by atoms with van der Waals surface area (Å²) in [6, 6.07) is 1.77. The first kappa shape index (κ1) is 18.9. The number of urea groups is 1. The van der Waals surface area contributed by atoms with Gasteiger partial charge in [0.1, 0.15) is 4.90 Å². The fourth-order valence-electron chi connectivity index (χ4n) is 1.78. The van der Waals surface area contributed by atoms with Crippen molar-refractivity contribution in [2.75, 3.05) is 26.6 Å². The van der Waals surface area contributed by atoms with Crippen LogP contribution in [0.2, 0.25) is 0 Å². The lowest BCUT2D eigenvalue weighted by atomic mass is 10.5. The van der Waals surface area contributed by atoms with E-state index < -0.39 is 16.1 Å². The number of anilines is 1. The molecular weight excluding hydrogens is 372 g/mol. The summed E-state index contributed by atoms with van der Waals surface area (Å²) in [6.07, 6.45) is 0. The monoisotopic (exact) mass is 388 g/mol. The predicted octanol–water partition coefficient (Wildman–Crippen LogP) is 1.21. The maximum Gasteiger partial charge on any atom is 0.335 e. The zero-order valence-corrected chi connectivity index (χ0v) is 15.2. The number of carbonyl (C=O) groups is 1. The van der Waals surface area contributed by atoms with Gasteiger partial charge in [0.15, 0.2) is 0 Å². The number of sulfonamides is 1. The number of rotatable bonds is 7. The van der Waals surface area contributed by atoms with Crippen LogP contribution in [0.1, 0.15) is 4.88 Å². The third-order valence-electron chi connectivity index (χ3n) is 2.82. The minimum absolute atomic E-state index is 0.0290. The highest BCUT2D eigenvalue weighted by atomic mass is 32.2. The second-order valence-electron chi connectivity index (χ2n) is 4.48. The minimum Gasteiger partial charge on any atom is -0.481 e. The summed E-state index contributed by atoms with van der Waals surface area (Å²) < 4.78 is 41.4. The van der Waals surface area contributed by atoms with E-state index in [1.54, 1.807) is 5.38 Å². The van der Waals surface area contributed by atoms with Crippen molar-refractivity contribution in [1.82, 2.24) is 14.7 Å². The van der Waals surface area contributed by atoms with Gasteiger partial charge < -0.3 is 14.2 Å². The highest BCUT2D eigenvalue weighted by molar-refractivity contribution is 7.90. The first-order valence-electron chi connectivity index (χ1n) is 6.75. The van der Waals surface area contributed by atoms with Crippen LogP contribution in [0, 0.1) is 0 Å². The quantitative estimate of drug-likeness (QED) is 0.724. The Morgan fingerprint density at radius 2 is 1.84 bits per heavy atom. The summed E-state index contributed by atoms with van der Waals surface area (Å²) >= 11 is 1.21. The van der Waals surface area contributed by atoms with Gasteiger partial charge in [-0.05, 0) is 11.4 Å². The molecule has 0 aliphatic rings. The molecule has 0 unspecified atom stereocenters. The number of nitrogens with one attached hydrogen (secondary N) is 2. The molecule has 2 aromatic rings. The van der Waals surface area contributed by atoms with E-state index in [0.717, 1.165) is 0 Å². The number of hydrogen-bond donors (Lipinski definition) is 2. The van der Waals surface area contributed by atoms with Crippen LogP contribution in [-0.4, -0.2) is 45.7 Å². The molecule has 2 amide bonds. The molecule has 0 radical (unpaired) electrons. The average Bonchev–Trinajstić information content (AvgIpc) is 3.03. The van der Waals surface area contributed by atoms with Crippen molar-refractivity contribution >= 4 is 33.3 Å². The summed E-state index contributed by atoms with van der Waals surface area (Å²) in [4.78, 5) is 20.2. The van der Waals surface area contributed by atoms with Crippen molar-refractivity contribution < 1.29 is 27.4 Å². The van der Waals surface area contributed by atoms with Gasteiger partial charge in [0, 0.05) is 7.11 Å². The number of nitrogens with zero attached hydrogens (tertiary/aromatic N) is 2. The number of hydrogen-bond acceptors (Lipinski definition) is 9. The third-order valence-corrected chi connectivity index (χ3v) is 5.26. The number of methoxy groups -OCH3 is 3. The summed E-state index contributed by atoms with van der Waals surface area (Å²) in [5, 5.41) is 3.82. The van der Waals surface area contributed by atoms with E-state index in [-0.39, 0.29) is 29.2 Å². The molecule has 0 spiro atoms. The van der Waals surface area contributed by atoms with Crippen molar-refractivity contribution in [3.05, 3.63) is 22.4 Å². The molecule has 0 atom stereocenters. The fourth-order valence-corrected chi connectivity index (χ4v) is 4.09. The van der Waals surface area contributed by atoms with Crippen LogP contribution in [0.15, 0.2) is 22.4 Å². The average molecular weight is 388 g/mol. The van der Waals surface area contributed by atoms with Crippen LogP contribution in [-0.2, 0) is 21.4 Å². The SMILES string of the molecule is COCc1sccc1S(=O)(=O)NC(=O)Nc1nc(OC)cc(OC)n1. The molecule has 0 bridgehead atoms. The smallest absolute Gasteiger partial charge is 0.335 e. The molecule has 2 N–H and O–H groups in total. The topological polar surface area (TPSA) is 129 Å². The molecule has 0 aromatic carbocycles. The molecule has 0 aliphatic heterocycles. The highest BCUT2D eigenvalue weighted by Crippen LogP contribution is 2.22. The van der Waals surface area contributed by atoms with Gasteiger partial charge in [0.05, 0.1) is 31.8 Å². The van der Waals surface area contributed by atoms with Crippen molar-refractivity contribution in [2.45, 2.75) is 11.5 Å². The zero-order chi connectivity index (χ0) is 18.4. The maximum atomic E-state index is 12.3. The van der Waals surface area contributed by atoms with Crippen LogP contribution >= 0.6 is 11.3 Å². The minimum atomic E-state index is -4.07. The number of aromatic nitrogens is 2. The standard InChI is InChI=1S/C13H16N4O6S2/c1-21-7-8-9(4-5-24-8)25(19,20)17-13(18)16-12-14-10(22-2)6-11(15-12)23-3/h4-6H,7H2,1-3H3,(H2,14,15,16,17,18). The third kappa shape index (κ3) is 4.78. The molecule has 0 saturated carbocycles. The highest BCUT2D eigenvalue weighted by Gasteiger charge is 2.23. The molecule has 0 fully saturated rings. The van der Waals surface area contributed by atoms with Gasteiger partial charge in [-0.2, -0.15) is 9.97 Å². The van der Waals surface area contributed by atoms with Gasteiger partial charge in [-0.1, -0.05) is 0 Å². The molecule has 25 heavy (non-hydrogen) atoms. The molecule has 0 saturated heterocycles. The number of ether oxygens (including phenoxy) is 3. The van der Waals surface area contributed by atoms with Crippen molar-refractivity contribution in [2.24, 2.45) is 0 Å². The van der Waals surface area contributed by atoms with Crippen molar-refractivity contribution in [3.8, 4) is 11.8 Å². The molecule has 2 aromatic heterocycles. The molecule has 0 aliphatic carbocycles. The number of thiophene rings is 1. The summed E-state index contributed by atoms with van der Waals surface area (Å²) in [6.45, 7) is 0.117. The van der Waals surface area contributed by atoms with Gasteiger partial charge in [-0.3, -0.25) is 5.32 Å². The Labute approximate surface area is 148 Å². The molecule has 2 heterocycles. The zero-order valence-electron chi connectivity index (χ0n) is 13.6. The van der Waals surface area contributed by atoms with Crippen molar-refractivity contribution in [1.29, 1.82) is 0 Å².